The van der Waals surface area contributed by atoms with Crippen molar-refractivity contribution in [2.45, 2.75) is 19.4 Å². The second-order valence-corrected chi connectivity index (χ2v) is 1.28. The fraction of sp³-hybridized carbons (Fsp3) is 0.750. The Labute approximate surface area is 42.1 Å². The third-order valence-corrected chi connectivity index (χ3v) is 0.559. The average Bonchev–Trinajstić information content (AvgIpc) is 1.68. The summed E-state index contributed by atoms with van der Waals surface area (Å²) in [7, 11) is 0. The maximum Gasteiger partial charge on any atom is 0.103 e. The van der Waals surface area contributed by atoms with Gasteiger partial charge in [-0.2, -0.15) is 5.26 Å². The smallest absolute Gasteiger partial charge is 0.103 e. The van der Waals surface area contributed by atoms with E-state index in [-0.39, 0.29) is 12.5 Å². The normalized spacial score (nSPS) is 12.7. The van der Waals surface area contributed by atoms with E-state index in [0.29, 0.717) is 0 Å². The first-order valence-electron chi connectivity index (χ1n) is 1.98. The number of hydrogen-bond acceptors (Lipinski definition) is 3. The van der Waals surface area contributed by atoms with Gasteiger partial charge in [-0.15, -0.1) is 0 Å². The van der Waals surface area contributed by atoms with E-state index in [1.165, 1.54) is 0 Å². The van der Waals surface area contributed by atoms with Crippen molar-refractivity contribution in [1.29, 1.82) is 5.26 Å². The Hall–Kier alpha value is -0.590. The highest BCUT2D eigenvalue weighted by molar-refractivity contribution is 4.72. The summed E-state index contributed by atoms with van der Waals surface area (Å²) in [6, 6.07) is 1.83. The number of nitrogens with zero attached hydrogens (tertiary/aromatic N) is 1. The van der Waals surface area contributed by atoms with E-state index in [1.54, 1.807) is 6.92 Å². The van der Waals surface area contributed by atoms with Gasteiger partial charge in [0.25, 0.3) is 0 Å². The lowest BCUT2D eigenvalue weighted by Crippen LogP contribution is -2.01. The van der Waals surface area contributed by atoms with Gasteiger partial charge in [-0.1, -0.05) is 0 Å². The number of rotatable bonds is 2. The summed E-state index contributed by atoms with van der Waals surface area (Å²) in [5.41, 5.74) is 0. The van der Waals surface area contributed by atoms with E-state index in [2.05, 4.69) is 4.89 Å². The van der Waals surface area contributed by atoms with Crippen LogP contribution in [-0.4, -0.2) is 11.4 Å². The zero-order chi connectivity index (χ0) is 5.70. The molecule has 0 amide bonds. The Bertz CT molecular complexity index is 76.2. The van der Waals surface area contributed by atoms with Gasteiger partial charge in [0.2, 0.25) is 0 Å². The standard InChI is InChI=1S/C4H7NO2/c1-4(7-6)2-3-5/h4,6H,2H2,1H3. The minimum atomic E-state index is -0.356. The molecule has 0 bridgehead atoms. The fourth-order valence-corrected chi connectivity index (χ4v) is 0.166. The van der Waals surface area contributed by atoms with Crippen molar-refractivity contribution in [1.82, 2.24) is 0 Å². The fourth-order valence-electron chi connectivity index (χ4n) is 0.166. The van der Waals surface area contributed by atoms with Gasteiger partial charge in [-0.25, -0.2) is 4.89 Å². The predicted molar refractivity (Wildman–Crippen MR) is 23.4 cm³/mol. The largest absolute Gasteiger partial charge is 0.252 e. The van der Waals surface area contributed by atoms with Gasteiger partial charge in [-0.3, -0.25) is 5.26 Å². The Morgan fingerprint density at radius 3 is 2.71 bits per heavy atom. The number of nitriles is 1. The van der Waals surface area contributed by atoms with Crippen LogP contribution in [0.4, 0.5) is 0 Å². The van der Waals surface area contributed by atoms with Gasteiger partial charge in [0.1, 0.15) is 6.10 Å². The van der Waals surface area contributed by atoms with Crippen molar-refractivity contribution in [3.8, 4) is 6.07 Å². The highest BCUT2D eigenvalue weighted by Crippen LogP contribution is 1.89. The van der Waals surface area contributed by atoms with Crippen molar-refractivity contribution >= 4 is 0 Å². The van der Waals surface area contributed by atoms with Crippen molar-refractivity contribution in [3.63, 3.8) is 0 Å². The lowest BCUT2D eigenvalue weighted by atomic mass is 10.3. The Morgan fingerprint density at radius 1 is 2.00 bits per heavy atom. The molecule has 0 fully saturated rings. The first kappa shape index (κ1) is 6.41. The zero-order valence-corrected chi connectivity index (χ0v) is 4.09. The predicted octanol–water partition coefficient (Wildman–Crippen LogP) is 0.778. The third kappa shape index (κ3) is 3.23. The summed E-state index contributed by atoms with van der Waals surface area (Å²) in [4.78, 5) is 3.77. The van der Waals surface area contributed by atoms with Gasteiger partial charge >= 0.3 is 0 Å². The van der Waals surface area contributed by atoms with Gasteiger partial charge in [-0.05, 0) is 6.92 Å². The molecule has 0 heterocycles. The zero-order valence-electron chi connectivity index (χ0n) is 4.09. The van der Waals surface area contributed by atoms with E-state index in [0.717, 1.165) is 0 Å². The van der Waals surface area contributed by atoms with Gasteiger partial charge < -0.3 is 0 Å². The van der Waals surface area contributed by atoms with E-state index >= 15 is 0 Å². The molecule has 0 aromatic rings. The Balaban J connectivity index is 3.03. The van der Waals surface area contributed by atoms with Gasteiger partial charge in [0, 0.05) is 0 Å². The first-order valence-corrected chi connectivity index (χ1v) is 1.98. The topological polar surface area (TPSA) is 53.2 Å². The quantitative estimate of drug-likeness (QED) is 0.413. The molecule has 0 saturated heterocycles. The maximum atomic E-state index is 7.93. The Kier molecular flexibility index (Phi) is 3.29. The van der Waals surface area contributed by atoms with Gasteiger partial charge in [0.15, 0.2) is 0 Å². The highest BCUT2D eigenvalue weighted by Gasteiger charge is 1.95. The molecule has 0 aromatic carbocycles. The molecule has 0 saturated carbocycles. The van der Waals surface area contributed by atoms with Gasteiger partial charge in [0.05, 0.1) is 12.5 Å². The monoisotopic (exact) mass is 101 g/mol. The molecule has 0 rings (SSSR count). The molecule has 40 valence electrons. The van der Waals surface area contributed by atoms with Crippen LogP contribution >= 0.6 is 0 Å². The van der Waals surface area contributed by atoms with E-state index < -0.39 is 0 Å². The van der Waals surface area contributed by atoms with E-state index in [1.807, 2.05) is 6.07 Å². The van der Waals surface area contributed by atoms with Crippen molar-refractivity contribution < 1.29 is 10.1 Å². The van der Waals surface area contributed by atoms with Crippen LogP contribution in [0.3, 0.4) is 0 Å². The van der Waals surface area contributed by atoms with Crippen LogP contribution in [0, 0.1) is 11.3 Å². The van der Waals surface area contributed by atoms with E-state index in [9.17, 15) is 0 Å². The summed E-state index contributed by atoms with van der Waals surface area (Å²) in [5.74, 6) is 0. The molecule has 3 nitrogen and oxygen atoms in total. The average molecular weight is 101 g/mol. The molecule has 1 atom stereocenters. The summed E-state index contributed by atoms with van der Waals surface area (Å²) in [5, 5.41) is 15.7. The summed E-state index contributed by atoms with van der Waals surface area (Å²) >= 11 is 0. The second-order valence-electron chi connectivity index (χ2n) is 1.28. The molecule has 3 heteroatoms. The van der Waals surface area contributed by atoms with Crippen molar-refractivity contribution in [3.05, 3.63) is 0 Å². The summed E-state index contributed by atoms with van der Waals surface area (Å²) < 4.78 is 0. The van der Waals surface area contributed by atoms with Crippen LogP contribution in [-0.2, 0) is 4.89 Å². The first-order chi connectivity index (χ1) is 3.31. The highest BCUT2D eigenvalue weighted by atomic mass is 17.1. The minimum Gasteiger partial charge on any atom is -0.252 e. The second kappa shape index (κ2) is 3.59. The molecular weight excluding hydrogens is 94.0 g/mol. The molecule has 0 aromatic heterocycles. The Morgan fingerprint density at radius 2 is 2.57 bits per heavy atom. The third-order valence-electron chi connectivity index (χ3n) is 0.559. The van der Waals surface area contributed by atoms with Crippen LogP contribution < -0.4 is 0 Å². The SMILES string of the molecule is CC(CC#N)OO. The van der Waals surface area contributed by atoms with Crippen LogP contribution in [0.2, 0.25) is 0 Å². The van der Waals surface area contributed by atoms with Crippen molar-refractivity contribution in [2.24, 2.45) is 0 Å². The van der Waals surface area contributed by atoms with Crippen LogP contribution in [0.1, 0.15) is 13.3 Å². The molecule has 1 unspecified atom stereocenters. The van der Waals surface area contributed by atoms with E-state index in [4.69, 9.17) is 10.5 Å². The number of hydrogen-bond donors (Lipinski definition) is 1. The molecule has 7 heavy (non-hydrogen) atoms. The summed E-state index contributed by atoms with van der Waals surface area (Å²) in [6.07, 6.45) is -0.124. The molecule has 0 aliphatic heterocycles. The minimum absolute atomic E-state index is 0.233. The molecular formula is C4H7NO2. The summed E-state index contributed by atoms with van der Waals surface area (Å²) in [6.45, 7) is 1.61. The lowest BCUT2D eigenvalue weighted by Gasteiger charge is -1.96. The lowest BCUT2D eigenvalue weighted by molar-refractivity contribution is -0.272. The van der Waals surface area contributed by atoms with Crippen molar-refractivity contribution in [2.75, 3.05) is 0 Å². The van der Waals surface area contributed by atoms with Crippen LogP contribution in [0.15, 0.2) is 0 Å². The molecule has 1 N–H and O–H groups in total. The molecule has 0 aliphatic rings. The molecule has 0 aliphatic carbocycles. The van der Waals surface area contributed by atoms with Crippen LogP contribution in [0.5, 0.6) is 0 Å². The molecule has 0 radical (unpaired) electrons. The maximum absolute atomic E-state index is 7.93. The molecule has 0 spiro atoms. The van der Waals surface area contributed by atoms with Crippen LogP contribution in [0.25, 0.3) is 0 Å².